The highest BCUT2D eigenvalue weighted by atomic mass is 32.2. The average Bonchev–Trinajstić information content (AvgIpc) is 2.81. The first-order chi connectivity index (χ1) is 9.47. The number of anilines is 2. The number of rotatable bonds is 5. The van der Waals surface area contributed by atoms with Crippen molar-refractivity contribution in [3.63, 3.8) is 0 Å². The molecule has 0 aliphatic heterocycles. The van der Waals surface area contributed by atoms with Crippen LogP contribution in [0.15, 0.2) is 35.4 Å². The number of aromatic nitrogens is 2. The summed E-state index contributed by atoms with van der Waals surface area (Å²) >= 11 is 0. The van der Waals surface area contributed by atoms with Gasteiger partial charge in [0.15, 0.2) is 5.82 Å². The van der Waals surface area contributed by atoms with Crippen molar-refractivity contribution < 1.29 is 8.42 Å². The molecule has 0 aliphatic rings. The van der Waals surface area contributed by atoms with Crippen molar-refractivity contribution >= 4 is 21.5 Å². The Kier molecular flexibility index (Phi) is 3.99. The molecular formula is C13H18N4O2S. The molecule has 0 radical (unpaired) electrons. The summed E-state index contributed by atoms with van der Waals surface area (Å²) in [5.74, 6) is 0.00771. The van der Waals surface area contributed by atoms with Crippen LogP contribution in [-0.2, 0) is 23.0 Å². The summed E-state index contributed by atoms with van der Waals surface area (Å²) in [4.78, 5) is 0.00487. The SMILES string of the molecule is CCc1ccccc1NS(=O)(=O)c1cn(CC)nc1N. The second-order valence-electron chi connectivity index (χ2n) is 4.35. The fourth-order valence-electron chi connectivity index (χ4n) is 1.91. The summed E-state index contributed by atoms with van der Waals surface area (Å²) in [6.45, 7) is 4.39. The summed E-state index contributed by atoms with van der Waals surface area (Å²) in [6, 6.07) is 7.28. The van der Waals surface area contributed by atoms with Crippen molar-refractivity contribution in [1.29, 1.82) is 0 Å². The van der Waals surface area contributed by atoms with E-state index >= 15 is 0 Å². The molecule has 0 fully saturated rings. The molecule has 0 atom stereocenters. The van der Waals surface area contributed by atoms with E-state index in [-0.39, 0.29) is 10.7 Å². The summed E-state index contributed by atoms with van der Waals surface area (Å²) in [6.07, 6.45) is 2.18. The van der Waals surface area contributed by atoms with E-state index in [0.29, 0.717) is 12.2 Å². The van der Waals surface area contributed by atoms with Crippen LogP contribution in [0.4, 0.5) is 11.5 Å². The summed E-state index contributed by atoms with van der Waals surface area (Å²) in [5, 5.41) is 3.95. The lowest BCUT2D eigenvalue weighted by molar-refractivity contribution is 0.600. The second-order valence-corrected chi connectivity index (χ2v) is 6.00. The molecule has 3 N–H and O–H groups in total. The maximum Gasteiger partial charge on any atom is 0.267 e. The smallest absolute Gasteiger partial charge is 0.267 e. The summed E-state index contributed by atoms with van der Waals surface area (Å²) in [5.41, 5.74) is 7.17. The number of hydrogen-bond donors (Lipinski definition) is 2. The zero-order chi connectivity index (χ0) is 14.8. The predicted octanol–water partition coefficient (Wildman–Crippen LogP) is 1.85. The number of nitrogens with two attached hydrogens (primary N) is 1. The normalized spacial score (nSPS) is 11.5. The Hall–Kier alpha value is -2.02. The number of hydrogen-bond acceptors (Lipinski definition) is 4. The van der Waals surface area contributed by atoms with Crippen LogP contribution in [0.25, 0.3) is 0 Å². The van der Waals surface area contributed by atoms with E-state index in [2.05, 4.69) is 9.82 Å². The molecule has 0 saturated carbocycles. The zero-order valence-corrected chi connectivity index (χ0v) is 12.3. The lowest BCUT2D eigenvalue weighted by Crippen LogP contribution is -2.15. The van der Waals surface area contributed by atoms with Crippen molar-refractivity contribution in [2.45, 2.75) is 31.7 Å². The van der Waals surface area contributed by atoms with E-state index in [4.69, 9.17) is 5.73 Å². The van der Waals surface area contributed by atoms with E-state index in [9.17, 15) is 8.42 Å². The molecular weight excluding hydrogens is 276 g/mol. The fraction of sp³-hybridized carbons (Fsp3) is 0.308. The molecule has 0 aliphatic carbocycles. The van der Waals surface area contributed by atoms with E-state index in [1.165, 1.54) is 10.9 Å². The van der Waals surface area contributed by atoms with Gasteiger partial charge in [0.2, 0.25) is 0 Å². The Morgan fingerprint density at radius 3 is 2.60 bits per heavy atom. The zero-order valence-electron chi connectivity index (χ0n) is 11.5. The third-order valence-electron chi connectivity index (χ3n) is 3.01. The molecule has 0 saturated heterocycles. The van der Waals surface area contributed by atoms with Crippen LogP contribution in [-0.4, -0.2) is 18.2 Å². The molecule has 0 unspecified atom stereocenters. The Morgan fingerprint density at radius 2 is 2.00 bits per heavy atom. The standard InChI is InChI=1S/C13H18N4O2S/c1-3-10-7-5-6-8-11(10)16-20(18,19)12-9-17(4-2)15-13(12)14/h5-9,16H,3-4H2,1-2H3,(H2,14,15). The molecule has 2 aromatic rings. The van der Waals surface area contributed by atoms with Crippen molar-refractivity contribution in [1.82, 2.24) is 9.78 Å². The summed E-state index contributed by atoms with van der Waals surface area (Å²) < 4.78 is 28.8. The average molecular weight is 294 g/mol. The molecule has 2 rings (SSSR count). The Balaban J connectivity index is 2.38. The Morgan fingerprint density at radius 1 is 1.30 bits per heavy atom. The second kappa shape index (κ2) is 5.54. The highest BCUT2D eigenvalue weighted by Gasteiger charge is 2.21. The number of aryl methyl sites for hydroxylation is 2. The summed E-state index contributed by atoms with van der Waals surface area (Å²) in [7, 11) is -3.72. The van der Waals surface area contributed by atoms with E-state index in [1.54, 1.807) is 12.1 Å². The predicted molar refractivity (Wildman–Crippen MR) is 78.9 cm³/mol. The monoisotopic (exact) mass is 294 g/mol. The first kappa shape index (κ1) is 14.4. The van der Waals surface area contributed by atoms with Crippen LogP contribution < -0.4 is 10.5 Å². The van der Waals surface area contributed by atoms with Crippen LogP contribution >= 0.6 is 0 Å². The van der Waals surface area contributed by atoms with Gasteiger partial charge < -0.3 is 5.73 Å². The first-order valence-corrected chi connectivity index (χ1v) is 7.90. The molecule has 108 valence electrons. The number of nitrogen functional groups attached to an aromatic ring is 1. The highest BCUT2D eigenvalue weighted by molar-refractivity contribution is 7.92. The minimum atomic E-state index is -3.72. The fourth-order valence-corrected chi connectivity index (χ4v) is 3.09. The van der Waals surface area contributed by atoms with Crippen LogP contribution in [0.2, 0.25) is 0 Å². The molecule has 1 heterocycles. The minimum absolute atomic E-state index is 0.00487. The van der Waals surface area contributed by atoms with Crippen LogP contribution in [0.1, 0.15) is 19.4 Å². The molecule has 7 heteroatoms. The van der Waals surface area contributed by atoms with Gasteiger partial charge in [-0.1, -0.05) is 25.1 Å². The van der Waals surface area contributed by atoms with Gasteiger partial charge in [-0.2, -0.15) is 5.10 Å². The van der Waals surface area contributed by atoms with Crippen molar-refractivity contribution in [3.8, 4) is 0 Å². The van der Waals surface area contributed by atoms with Crippen LogP contribution in [0, 0.1) is 0 Å². The molecule has 1 aromatic carbocycles. The largest absolute Gasteiger partial charge is 0.381 e. The van der Waals surface area contributed by atoms with Crippen molar-refractivity contribution in [2.75, 3.05) is 10.5 Å². The maximum atomic E-state index is 12.4. The van der Waals surface area contributed by atoms with E-state index < -0.39 is 10.0 Å². The first-order valence-electron chi connectivity index (χ1n) is 6.41. The van der Waals surface area contributed by atoms with Gasteiger partial charge >= 0.3 is 0 Å². The molecule has 20 heavy (non-hydrogen) atoms. The Bertz CT molecular complexity index is 707. The van der Waals surface area contributed by atoms with Gasteiger partial charge in [0.05, 0.1) is 5.69 Å². The molecule has 0 amide bonds. The van der Waals surface area contributed by atoms with Gasteiger partial charge in [0.1, 0.15) is 4.90 Å². The Labute approximate surface area is 118 Å². The number of para-hydroxylation sites is 1. The number of nitrogens with zero attached hydrogens (tertiary/aromatic N) is 2. The molecule has 0 spiro atoms. The van der Waals surface area contributed by atoms with Gasteiger partial charge in [-0.15, -0.1) is 0 Å². The number of benzene rings is 1. The minimum Gasteiger partial charge on any atom is -0.381 e. The van der Waals surface area contributed by atoms with Gasteiger partial charge in [0.25, 0.3) is 10.0 Å². The van der Waals surface area contributed by atoms with Crippen LogP contribution in [0.5, 0.6) is 0 Å². The lowest BCUT2D eigenvalue weighted by atomic mass is 10.1. The van der Waals surface area contributed by atoms with Gasteiger partial charge in [-0.05, 0) is 25.0 Å². The number of nitrogens with one attached hydrogen (secondary N) is 1. The quantitative estimate of drug-likeness (QED) is 0.880. The van der Waals surface area contributed by atoms with Crippen molar-refractivity contribution in [2.24, 2.45) is 0 Å². The highest BCUT2D eigenvalue weighted by Crippen LogP contribution is 2.23. The molecule has 6 nitrogen and oxygen atoms in total. The van der Waals surface area contributed by atoms with E-state index in [1.807, 2.05) is 26.0 Å². The lowest BCUT2D eigenvalue weighted by Gasteiger charge is -2.10. The molecule has 0 bridgehead atoms. The third kappa shape index (κ3) is 2.77. The number of sulfonamides is 1. The third-order valence-corrected chi connectivity index (χ3v) is 4.39. The van der Waals surface area contributed by atoms with Gasteiger partial charge in [0, 0.05) is 12.7 Å². The topological polar surface area (TPSA) is 90.0 Å². The van der Waals surface area contributed by atoms with E-state index in [0.717, 1.165) is 12.0 Å². The van der Waals surface area contributed by atoms with Crippen molar-refractivity contribution in [3.05, 3.63) is 36.0 Å². The van der Waals surface area contributed by atoms with Gasteiger partial charge in [-0.25, -0.2) is 8.42 Å². The van der Waals surface area contributed by atoms with Gasteiger partial charge in [-0.3, -0.25) is 9.40 Å². The van der Waals surface area contributed by atoms with Crippen LogP contribution in [0.3, 0.4) is 0 Å². The maximum absolute atomic E-state index is 12.4. The molecule has 1 aromatic heterocycles.